The molecule has 0 atom stereocenters. The van der Waals surface area contributed by atoms with Crippen molar-refractivity contribution in [2.45, 2.75) is 19.8 Å². The molecule has 27 heavy (non-hydrogen) atoms. The van der Waals surface area contributed by atoms with E-state index < -0.39 is 0 Å². The number of carbonyl (C=O) groups excluding carboxylic acids is 2. The lowest BCUT2D eigenvalue weighted by Crippen LogP contribution is -2.15. The second-order valence-corrected chi connectivity index (χ2v) is 7.35. The fourth-order valence-corrected chi connectivity index (χ4v) is 3.70. The third-order valence-corrected chi connectivity index (χ3v) is 5.19. The molecule has 138 valence electrons. The van der Waals surface area contributed by atoms with Gasteiger partial charge in [0, 0.05) is 30.5 Å². The van der Waals surface area contributed by atoms with Crippen molar-refractivity contribution in [2.75, 3.05) is 18.5 Å². The second-order valence-electron chi connectivity index (χ2n) is 6.32. The standard InChI is InChI=1S/C20H18N2O4S/c1-12-2-4-13(5-3-12)15(23)6-7-19(24)22-20-21-14-10-16-17(11-18(14)27-20)26-9-8-25-16/h2-5,10-11H,6-9H2,1H3,(H,21,22,24). The van der Waals surface area contributed by atoms with Gasteiger partial charge in [0.2, 0.25) is 5.91 Å². The maximum absolute atomic E-state index is 12.2. The fourth-order valence-electron chi connectivity index (χ4n) is 2.81. The number of nitrogens with zero attached hydrogens (tertiary/aromatic N) is 1. The molecule has 1 N–H and O–H groups in total. The summed E-state index contributed by atoms with van der Waals surface area (Å²) in [6, 6.07) is 11.0. The van der Waals surface area contributed by atoms with Gasteiger partial charge in [0.05, 0.1) is 10.2 Å². The van der Waals surface area contributed by atoms with E-state index in [1.165, 1.54) is 11.3 Å². The second kappa shape index (κ2) is 7.36. The zero-order valence-electron chi connectivity index (χ0n) is 14.8. The topological polar surface area (TPSA) is 77.5 Å². The van der Waals surface area contributed by atoms with Crippen molar-refractivity contribution in [3.8, 4) is 11.5 Å². The van der Waals surface area contributed by atoms with E-state index in [2.05, 4.69) is 10.3 Å². The summed E-state index contributed by atoms with van der Waals surface area (Å²) in [5, 5.41) is 3.27. The molecule has 0 radical (unpaired) electrons. The van der Waals surface area contributed by atoms with Gasteiger partial charge in [-0.05, 0) is 6.92 Å². The van der Waals surface area contributed by atoms with E-state index in [-0.39, 0.29) is 24.5 Å². The van der Waals surface area contributed by atoms with Gasteiger partial charge in [-0.3, -0.25) is 9.59 Å². The highest BCUT2D eigenvalue weighted by molar-refractivity contribution is 7.22. The van der Waals surface area contributed by atoms with Crippen LogP contribution < -0.4 is 14.8 Å². The quantitative estimate of drug-likeness (QED) is 0.676. The summed E-state index contributed by atoms with van der Waals surface area (Å²) in [7, 11) is 0. The van der Waals surface area contributed by atoms with Crippen LogP contribution in [0.15, 0.2) is 36.4 Å². The zero-order valence-corrected chi connectivity index (χ0v) is 15.6. The number of anilines is 1. The van der Waals surface area contributed by atoms with E-state index in [1.807, 2.05) is 31.2 Å². The Morgan fingerprint density at radius 3 is 2.52 bits per heavy atom. The Bertz CT molecular complexity index is 968. The highest BCUT2D eigenvalue weighted by Gasteiger charge is 2.16. The Labute approximate surface area is 160 Å². The van der Waals surface area contributed by atoms with Crippen molar-refractivity contribution in [2.24, 2.45) is 0 Å². The van der Waals surface area contributed by atoms with E-state index in [0.717, 1.165) is 15.8 Å². The van der Waals surface area contributed by atoms with E-state index in [1.54, 1.807) is 12.1 Å². The molecule has 1 aliphatic rings. The van der Waals surface area contributed by atoms with Crippen LogP contribution in [-0.4, -0.2) is 29.9 Å². The summed E-state index contributed by atoms with van der Waals surface area (Å²) >= 11 is 1.37. The molecule has 0 spiro atoms. The first-order valence-corrected chi connectivity index (χ1v) is 9.50. The molecule has 0 unspecified atom stereocenters. The molecule has 4 rings (SSSR count). The highest BCUT2D eigenvalue weighted by atomic mass is 32.1. The molecular formula is C20H18N2O4S. The summed E-state index contributed by atoms with van der Waals surface area (Å²) < 4.78 is 12.0. The number of rotatable bonds is 5. The van der Waals surface area contributed by atoms with Crippen LogP contribution in [0.2, 0.25) is 0 Å². The monoisotopic (exact) mass is 382 g/mol. The van der Waals surface area contributed by atoms with Gasteiger partial charge in [-0.15, -0.1) is 0 Å². The molecule has 0 aliphatic carbocycles. The molecule has 3 aromatic rings. The number of aryl methyl sites for hydroxylation is 1. The number of fused-ring (bicyclic) bond motifs is 2. The molecular weight excluding hydrogens is 364 g/mol. The van der Waals surface area contributed by atoms with E-state index in [9.17, 15) is 9.59 Å². The van der Waals surface area contributed by atoms with Crippen molar-refractivity contribution < 1.29 is 19.1 Å². The Morgan fingerprint density at radius 2 is 1.78 bits per heavy atom. The number of Topliss-reactive ketones (excluding diaryl/α,β-unsaturated/α-hetero) is 1. The van der Waals surface area contributed by atoms with Gasteiger partial charge in [-0.25, -0.2) is 4.98 Å². The lowest BCUT2D eigenvalue weighted by molar-refractivity contribution is -0.116. The number of amides is 1. The number of hydrogen-bond acceptors (Lipinski definition) is 6. The van der Waals surface area contributed by atoms with Crippen LogP contribution in [-0.2, 0) is 4.79 Å². The van der Waals surface area contributed by atoms with Crippen molar-refractivity contribution >= 4 is 38.4 Å². The number of nitrogens with one attached hydrogen (secondary N) is 1. The molecule has 0 saturated heterocycles. The number of carbonyl (C=O) groups is 2. The maximum atomic E-state index is 12.2. The summed E-state index contributed by atoms with van der Waals surface area (Å²) in [6.07, 6.45) is 0.279. The van der Waals surface area contributed by atoms with Gasteiger partial charge in [0.15, 0.2) is 22.4 Å². The Kier molecular flexibility index (Phi) is 4.77. The number of hydrogen-bond donors (Lipinski definition) is 1. The molecule has 1 amide bonds. The fraction of sp³-hybridized carbons (Fsp3) is 0.250. The van der Waals surface area contributed by atoms with Crippen LogP contribution in [0, 0.1) is 6.92 Å². The Hall–Kier alpha value is -2.93. The lowest BCUT2D eigenvalue weighted by atomic mass is 10.1. The molecule has 0 fully saturated rings. The van der Waals surface area contributed by atoms with Gasteiger partial charge in [0.1, 0.15) is 13.2 Å². The van der Waals surface area contributed by atoms with Gasteiger partial charge in [-0.1, -0.05) is 41.2 Å². The average molecular weight is 382 g/mol. The summed E-state index contributed by atoms with van der Waals surface area (Å²) in [5.74, 6) is 1.09. The molecule has 0 saturated carbocycles. The van der Waals surface area contributed by atoms with Crippen LogP contribution >= 0.6 is 11.3 Å². The normalized spacial score (nSPS) is 12.8. The minimum atomic E-state index is -0.230. The molecule has 2 heterocycles. The number of thiazole rings is 1. The van der Waals surface area contributed by atoms with E-state index >= 15 is 0 Å². The predicted molar refractivity (Wildman–Crippen MR) is 104 cm³/mol. The van der Waals surface area contributed by atoms with Crippen LogP contribution in [0.25, 0.3) is 10.2 Å². The minimum absolute atomic E-state index is 0.0450. The minimum Gasteiger partial charge on any atom is -0.486 e. The number of ether oxygens (including phenoxy) is 2. The van der Waals surface area contributed by atoms with Crippen molar-refractivity contribution in [1.82, 2.24) is 4.98 Å². The van der Waals surface area contributed by atoms with Crippen molar-refractivity contribution in [3.05, 3.63) is 47.5 Å². The molecule has 0 bridgehead atoms. The first-order chi connectivity index (χ1) is 13.1. The SMILES string of the molecule is Cc1ccc(C(=O)CCC(=O)Nc2nc3cc4c(cc3s2)OCCO4)cc1. The molecule has 1 aromatic heterocycles. The highest BCUT2D eigenvalue weighted by Crippen LogP contribution is 2.37. The predicted octanol–water partition coefficient (Wildman–Crippen LogP) is 3.98. The number of ketones is 1. The summed E-state index contributed by atoms with van der Waals surface area (Å²) in [5.41, 5.74) is 2.46. The molecule has 6 nitrogen and oxygen atoms in total. The first kappa shape index (κ1) is 17.5. The smallest absolute Gasteiger partial charge is 0.226 e. The number of benzene rings is 2. The molecule has 1 aliphatic heterocycles. The zero-order chi connectivity index (χ0) is 18.8. The van der Waals surface area contributed by atoms with Crippen molar-refractivity contribution in [1.29, 1.82) is 0 Å². The van der Waals surface area contributed by atoms with Crippen LogP contribution in [0.5, 0.6) is 11.5 Å². The van der Waals surface area contributed by atoms with Crippen LogP contribution in [0.1, 0.15) is 28.8 Å². The maximum Gasteiger partial charge on any atom is 0.226 e. The Balaban J connectivity index is 1.39. The molecule has 2 aromatic carbocycles. The number of aromatic nitrogens is 1. The largest absolute Gasteiger partial charge is 0.486 e. The summed E-state index contributed by atoms with van der Waals surface area (Å²) in [4.78, 5) is 28.8. The van der Waals surface area contributed by atoms with Gasteiger partial charge in [-0.2, -0.15) is 0 Å². The van der Waals surface area contributed by atoms with Gasteiger partial charge < -0.3 is 14.8 Å². The average Bonchev–Trinajstić information content (AvgIpc) is 3.05. The Morgan fingerprint density at radius 1 is 1.07 bits per heavy atom. The van der Waals surface area contributed by atoms with Gasteiger partial charge >= 0.3 is 0 Å². The van der Waals surface area contributed by atoms with E-state index in [4.69, 9.17) is 9.47 Å². The van der Waals surface area contributed by atoms with Gasteiger partial charge in [0.25, 0.3) is 0 Å². The third-order valence-electron chi connectivity index (χ3n) is 4.25. The summed E-state index contributed by atoms with van der Waals surface area (Å²) in [6.45, 7) is 3.01. The van der Waals surface area contributed by atoms with Crippen LogP contribution in [0.3, 0.4) is 0 Å². The van der Waals surface area contributed by atoms with Crippen LogP contribution in [0.4, 0.5) is 5.13 Å². The first-order valence-electron chi connectivity index (χ1n) is 8.68. The lowest BCUT2D eigenvalue weighted by Gasteiger charge is -2.17. The van der Waals surface area contributed by atoms with E-state index in [0.29, 0.717) is 35.4 Å². The van der Waals surface area contributed by atoms with Crippen molar-refractivity contribution in [3.63, 3.8) is 0 Å². The third kappa shape index (κ3) is 3.93. The molecule has 7 heteroatoms.